The van der Waals surface area contributed by atoms with Gasteiger partial charge in [0.15, 0.2) is 0 Å². The molecule has 2 aliphatic carbocycles. The fraction of sp³-hybridized carbons (Fsp3) is 0.724. The molecule has 4 atom stereocenters. The van der Waals surface area contributed by atoms with E-state index in [0.717, 1.165) is 64.7 Å². The van der Waals surface area contributed by atoms with Gasteiger partial charge < -0.3 is 20.9 Å². The predicted octanol–water partition coefficient (Wildman–Crippen LogP) is 3.32. The van der Waals surface area contributed by atoms with Gasteiger partial charge in [-0.3, -0.25) is 9.59 Å². The number of amides is 2. The van der Waals surface area contributed by atoms with Gasteiger partial charge in [-0.25, -0.2) is 0 Å². The summed E-state index contributed by atoms with van der Waals surface area (Å²) in [5, 5.41) is 10.4. The molecule has 3 saturated heterocycles. The first-order valence-electron chi connectivity index (χ1n) is 14.2. The Kier molecular flexibility index (Phi) is 6.61. The zero-order valence-electron chi connectivity index (χ0n) is 21.1. The number of piperidine rings is 1. The van der Waals surface area contributed by atoms with Crippen molar-refractivity contribution in [2.75, 3.05) is 26.2 Å². The first-order valence-corrected chi connectivity index (χ1v) is 14.2. The van der Waals surface area contributed by atoms with E-state index in [0.29, 0.717) is 11.8 Å². The number of likely N-dealkylation sites (tertiary alicyclic amines) is 1. The van der Waals surface area contributed by atoms with E-state index in [1.807, 2.05) is 4.90 Å². The number of benzene rings is 1. The Labute approximate surface area is 210 Å². The van der Waals surface area contributed by atoms with Gasteiger partial charge in [0.25, 0.3) is 0 Å². The summed E-state index contributed by atoms with van der Waals surface area (Å²) in [5.74, 6) is 1.36. The Morgan fingerprint density at radius 1 is 1.00 bits per heavy atom. The molecule has 1 aromatic carbocycles. The van der Waals surface area contributed by atoms with E-state index in [2.05, 4.69) is 40.2 Å². The van der Waals surface area contributed by atoms with Crippen LogP contribution in [0.5, 0.6) is 0 Å². The maximum absolute atomic E-state index is 13.9. The van der Waals surface area contributed by atoms with Crippen molar-refractivity contribution in [2.45, 2.75) is 88.8 Å². The minimum Gasteiger partial charge on any atom is -0.347 e. The van der Waals surface area contributed by atoms with Crippen LogP contribution in [-0.2, 0) is 16.0 Å². The van der Waals surface area contributed by atoms with Crippen LogP contribution in [-0.4, -0.2) is 55.0 Å². The molecule has 2 amide bonds. The smallest absolute Gasteiger partial charge is 0.243 e. The van der Waals surface area contributed by atoms with E-state index in [4.69, 9.17) is 0 Å². The molecule has 6 heteroatoms. The van der Waals surface area contributed by atoms with Crippen LogP contribution in [0.4, 0.5) is 0 Å². The summed E-state index contributed by atoms with van der Waals surface area (Å²) < 4.78 is 0. The Morgan fingerprint density at radius 3 is 2.63 bits per heavy atom. The van der Waals surface area contributed by atoms with Gasteiger partial charge >= 0.3 is 0 Å². The average molecular weight is 479 g/mol. The normalized spacial score (nSPS) is 32.6. The van der Waals surface area contributed by atoms with Gasteiger partial charge in [-0.05, 0) is 80.0 Å². The highest BCUT2D eigenvalue weighted by Gasteiger charge is 2.48. The lowest BCUT2D eigenvalue weighted by atomic mass is 9.77. The zero-order chi connectivity index (χ0) is 23.8. The van der Waals surface area contributed by atoms with E-state index < -0.39 is 0 Å². The third-order valence-corrected chi connectivity index (χ3v) is 10.0. The molecule has 6 nitrogen and oxygen atoms in total. The Balaban J connectivity index is 1.18. The molecule has 5 aliphatic rings. The van der Waals surface area contributed by atoms with E-state index in [1.54, 1.807) is 0 Å². The van der Waals surface area contributed by atoms with Gasteiger partial charge in [0.2, 0.25) is 11.8 Å². The second-order valence-electron chi connectivity index (χ2n) is 12.1. The van der Waals surface area contributed by atoms with Gasteiger partial charge in [0.05, 0.1) is 12.1 Å². The standard InChI is InChI=1S/C29H42N4O2/c34-27(32-24-11-10-21-8-4-5-9-23(21)24)26-16-22(20-6-2-1-3-7-20)18-33(26)28(35)25-17-29(19-31-25)12-14-30-15-13-29/h4-5,8-9,20,22,24-26,30-31H,1-3,6-7,10-19H2,(H,32,34)/t22-,24-,25?,26+/m1/s1. The molecule has 0 aromatic heterocycles. The van der Waals surface area contributed by atoms with Gasteiger partial charge in [-0.1, -0.05) is 56.4 Å². The molecule has 1 saturated carbocycles. The third-order valence-electron chi connectivity index (χ3n) is 10.0. The minimum atomic E-state index is -0.325. The number of nitrogens with one attached hydrogen (secondary N) is 3. The number of rotatable bonds is 4. The molecule has 0 bridgehead atoms. The molecule has 3 aliphatic heterocycles. The summed E-state index contributed by atoms with van der Waals surface area (Å²) >= 11 is 0. The van der Waals surface area contributed by atoms with Crippen LogP contribution < -0.4 is 16.0 Å². The van der Waals surface area contributed by atoms with Crippen molar-refractivity contribution in [1.82, 2.24) is 20.9 Å². The second-order valence-corrected chi connectivity index (χ2v) is 12.1. The van der Waals surface area contributed by atoms with Crippen molar-refractivity contribution >= 4 is 11.8 Å². The van der Waals surface area contributed by atoms with Gasteiger partial charge in [0, 0.05) is 13.1 Å². The lowest BCUT2D eigenvalue weighted by Gasteiger charge is -2.33. The van der Waals surface area contributed by atoms with Crippen LogP contribution in [0.2, 0.25) is 0 Å². The first-order chi connectivity index (χ1) is 17.1. The number of hydrogen-bond donors (Lipinski definition) is 3. The molecular weight excluding hydrogens is 436 g/mol. The van der Waals surface area contributed by atoms with E-state index in [9.17, 15) is 9.59 Å². The monoisotopic (exact) mass is 478 g/mol. The van der Waals surface area contributed by atoms with Gasteiger partial charge in [0.1, 0.15) is 6.04 Å². The molecule has 6 rings (SSSR count). The van der Waals surface area contributed by atoms with Crippen LogP contribution in [0.3, 0.4) is 0 Å². The van der Waals surface area contributed by atoms with Gasteiger partial charge in [-0.2, -0.15) is 0 Å². The van der Waals surface area contributed by atoms with Crippen molar-refractivity contribution in [3.8, 4) is 0 Å². The Morgan fingerprint density at radius 2 is 1.80 bits per heavy atom. The van der Waals surface area contributed by atoms with Crippen LogP contribution in [0.25, 0.3) is 0 Å². The minimum absolute atomic E-state index is 0.0629. The van der Waals surface area contributed by atoms with Crippen molar-refractivity contribution in [3.05, 3.63) is 35.4 Å². The van der Waals surface area contributed by atoms with Crippen molar-refractivity contribution in [2.24, 2.45) is 17.3 Å². The van der Waals surface area contributed by atoms with Crippen LogP contribution in [0, 0.1) is 17.3 Å². The quantitative estimate of drug-likeness (QED) is 0.621. The molecule has 1 unspecified atom stereocenters. The lowest BCUT2D eigenvalue weighted by molar-refractivity contribution is -0.140. The highest BCUT2D eigenvalue weighted by Crippen LogP contribution is 2.41. The summed E-state index contributed by atoms with van der Waals surface area (Å²) in [7, 11) is 0. The molecule has 4 fully saturated rings. The third kappa shape index (κ3) is 4.64. The summed E-state index contributed by atoms with van der Waals surface area (Å²) in [6.45, 7) is 3.78. The molecule has 0 radical (unpaired) electrons. The summed E-state index contributed by atoms with van der Waals surface area (Å²) in [5.41, 5.74) is 2.85. The maximum Gasteiger partial charge on any atom is 0.243 e. The number of hydrogen-bond acceptors (Lipinski definition) is 4. The maximum atomic E-state index is 13.9. The van der Waals surface area contributed by atoms with Gasteiger partial charge in [-0.15, -0.1) is 0 Å². The van der Waals surface area contributed by atoms with Crippen molar-refractivity contribution in [1.29, 1.82) is 0 Å². The summed E-state index contributed by atoms with van der Waals surface area (Å²) in [6.07, 6.45) is 12.4. The van der Waals surface area contributed by atoms with Crippen molar-refractivity contribution < 1.29 is 9.59 Å². The average Bonchev–Trinajstić information content (AvgIpc) is 3.63. The lowest BCUT2D eigenvalue weighted by Crippen LogP contribution is -2.51. The summed E-state index contributed by atoms with van der Waals surface area (Å²) in [4.78, 5) is 29.6. The van der Waals surface area contributed by atoms with Crippen LogP contribution in [0.1, 0.15) is 81.4 Å². The molecule has 3 N–H and O–H groups in total. The number of carbonyl (C=O) groups excluding carboxylic acids is 2. The van der Waals surface area contributed by atoms with E-state index >= 15 is 0 Å². The Bertz CT molecular complexity index is 936. The highest BCUT2D eigenvalue weighted by molar-refractivity contribution is 5.91. The summed E-state index contributed by atoms with van der Waals surface area (Å²) in [6, 6.07) is 8.08. The zero-order valence-corrected chi connectivity index (χ0v) is 21.1. The molecule has 35 heavy (non-hydrogen) atoms. The molecule has 1 spiro atoms. The van der Waals surface area contributed by atoms with Crippen LogP contribution in [0.15, 0.2) is 24.3 Å². The molecule has 3 heterocycles. The second kappa shape index (κ2) is 9.85. The van der Waals surface area contributed by atoms with Crippen molar-refractivity contribution in [3.63, 3.8) is 0 Å². The highest BCUT2D eigenvalue weighted by atomic mass is 16.2. The topological polar surface area (TPSA) is 73.5 Å². The fourth-order valence-electron chi connectivity index (χ4n) is 7.91. The van der Waals surface area contributed by atoms with E-state index in [1.165, 1.54) is 43.2 Å². The number of carbonyl (C=O) groups is 2. The predicted molar refractivity (Wildman–Crippen MR) is 137 cm³/mol. The SMILES string of the molecule is O=C(N[C@@H]1CCc2ccccc21)[C@@H]1C[C@@H](C2CCCCC2)CN1C(=O)C1CC2(CCNCC2)CN1. The molecular formula is C29H42N4O2. The molecule has 1 aromatic rings. The largest absolute Gasteiger partial charge is 0.347 e. The number of fused-ring (bicyclic) bond motifs is 1. The number of aryl methyl sites for hydroxylation is 1. The number of nitrogens with zero attached hydrogens (tertiary/aromatic N) is 1. The van der Waals surface area contributed by atoms with E-state index in [-0.39, 0.29) is 35.4 Å². The fourth-order valence-corrected chi connectivity index (χ4v) is 7.91. The first kappa shape index (κ1) is 23.5. The molecule has 190 valence electrons. The van der Waals surface area contributed by atoms with Crippen LogP contribution >= 0.6 is 0 Å². The Hall–Kier alpha value is -1.92.